The fourth-order valence-electron chi connectivity index (χ4n) is 0. The molecule has 0 saturated carbocycles. The molecule has 0 aromatic rings. The van der Waals surface area contributed by atoms with E-state index in [9.17, 15) is 0 Å². The van der Waals surface area contributed by atoms with Gasteiger partial charge in [0.25, 0.3) is 0 Å². The van der Waals surface area contributed by atoms with Gasteiger partial charge in [-0.2, -0.15) is 0 Å². The summed E-state index contributed by atoms with van der Waals surface area (Å²) < 4.78 is 34.1. The Morgan fingerprint density at radius 1 is 1.11 bits per heavy atom. The number of hydrogen-bond donors (Lipinski definition) is 0. The molecular weight excluding hydrogens is 227 g/mol. The third-order valence-corrected chi connectivity index (χ3v) is 0. The van der Waals surface area contributed by atoms with Crippen LogP contribution < -0.4 is 12.4 Å². The van der Waals surface area contributed by atoms with Gasteiger partial charge in [0.15, 0.2) is 0 Å². The zero-order valence-corrected chi connectivity index (χ0v) is 6.18. The van der Waals surface area contributed by atoms with Gasteiger partial charge in [0.05, 0.1) is 0 Å². The predicted octanol–water partition coefficient (Wildman–Crippen LogP) is -5.34. The summed E-state index contributed by atoms with van der Waals surface area (Å²) in [5.74, 6) is 0. The Kier molecular flexibility index (Phi) is 42.5. The van der Waals surface area contributed by atoms with Crippen LogP contribution in [-0.2, 0) is 27.5 Å². The standard InChI is InChI=1S/ClH.Cu.H2O4S.2H2O/c;;1-5(2,3)4;;/h1H;;(H2,1,2,3,4);2*1H2/q;+4;;;/p-4. The zero-order chi connectivity index (χ0) is 4.50. The van der Waals surface area contributed by atoms with E-state index in [1.54, 1.807) is 0 Å². The van der Waals surface area contributed by atoms with E-state index in [2.05, 4.69) is 0 Å². The van der Waals surface area contributed by atoms with Crippen LogP contribution in [0.1, 0.15) is 0 Å². The second-order valence-electron chi connectivity index (χ2n) is 0.408. The van der Waals surface area contributed by atoms with Gasteiger partial charge < -0.3 is 32.5 Å². The van der Waals surface area contributed by atoms with E-state index in [1.807, 2.05) is 0 Å². The molecule has 3 N–H and O–H groups in total. The van der Waals surface area contributed by atoms with Crippen molar-refractivity contribution < 1.29 is 58.0 Å². The maximum atomic E-state index is 8.52. The van der Waals surface area contributed by atoms with Crippen LogP contribution in [0.4, 0.5) is 0 Å². The number of halogens is 1. The Balaban J connectivity index is -0.0000000133. The second kappa shape index (κ2) is 11.4. The first-order valence-electron chi connectivity index (χ1n) is 0.667. The Hall–Kier alpha value is 0.599. The normalized spacial score (nSPS) is 6.44. The van der Waals surface area contributed by atoms with Gasteiger partial charge >= 0.3 is 17.1 Å². The molecule has 0 spiro atoms. The molecule has 0 aromatic heterocycles. The second-order valence-corrected chi connectivity index (χ2v) is 1.22. The molecule has 0 aliphatic rings. The van der Waals surface area contributed by atoms with Gasteiger partial charge in [0.1, 0.15) is 0 Å². The maximum absolute atomic E-state index is 8.52. The van der Waals surface area contributed by atoms with E-state index in [4.69, 9.17) is 17.5 Å². The summed E-state index contributed by atoms with van der Waals surface area (Å²) in [6, 6.07) is 0. The Labute approximate surface area is 68.7 Å². The number of rotatable bonds is 0. The Bertz CT molecular complexity index is 96.2. The van der Waals surface area contributed by atoms with Crippen molar-refractivity contribution in [3.8, 4) is 0 Å². The molecule has 0 bridgehead atoms. The summed E-state index contributed by atoms with van der Waals surface area (Å²) in [4.78, 5) is 0. The van der Waals surface area contributed by atoms with Crippen molar-refractivity contribution >= 4 is 10.4 Å². The van der Waals surface area contributed by atoms with E-state index >= 15 is 0 Å². The maximum Gasteiger partial charge on any atom is 4.00 e. The van der Waals surface area contributed by atoms with E-state index in [0.717, 1.165) is 0 Å². The average molecular weight is 230 g/mol. The topological polar surface area (TPSA) is 142 Å². The van der Waals surface area contributed by atoms with Gasteiger partial charge in [-0.1, -0.05) is 0 Å². The Morgan fingerprint density at radius 2 is 1.11 bits per heavy atom. The zero-order valence-electron chi connectivity index (χ0n) is 3.67. The summed E-state index contributed by atoms with van der Waals surface area (Å²) in [5, 5.41) is 0. The van der Waals surface area contributed by atoms with Crippen LogP contribution in [0.3, 0.4) is 0 Å². The summed E-state index contributed by atoms with van der Waals surface area (Å²) >= 11 is 0. The SMILES string of the molecule is O.O=S(=O)([O-])[O-].[Cl-].[Cu+4].[OH-]. The van der Waals surface area contributed by atoms with Crippen molar-refractivity contribution in [2.45, 2.75) is 0 Å². The van der Waals surface area contributed by atoms with Crippen LogP contribution in [-0.4, -0.2) is 28.5 Å². The molecule has 0 amide bonds. The summed E-state index contributed by atoms with van der Waals surface area (Å²) in [7, 11) is -5.17. The van der Waals surface area contributed by atoms with Crippen LogP contribution in [0.5, 0.6) is 0 Å². The van der Waals surface area contributed by atoms with Crippen molar-refractivity contribution in [1.82, 2.24) is 0 Å². The number of hydrogen-bond acceptors (Lipinski definition) is 5. The van der Waals surface area contributed by atoms with Crippen LogP contribution in [0, 0.1) is 0 Å². The summed E-state index contributed by atoms with van der Waals surface area (Å²) in [6.07, 6.45) is 0. The van der Waals surface area contributed by atoms with Crippen molar-refractivity contribution in [2.24, 2.45) is 0 Å². The summed E-state index contributed by atoms with van der Waals surface area (Å²) in [6.45, 7) is 0. The third kappa shape index (κ3) is 1040. The molecule has 0 saturated heterocycles. The fraction of sp³-hybridized carbons (Fsp3) is 0. The smallest absolute Gasteiger partial charge is 1.00 e. The predicted molar refractivity (Wildman–Crippen MR) is 16.0 cm³/mol. The van der Waals surface area contributed by atoms with E-state index in [0.29, 0.717) is 0 Å². The van der Waals surface area contributed by atoms with Crippen molar-refractivity contribution in [3.63, 3.8) is 0 Å². The molecule has 63 valence electrons. The molecule has 6 nitrogen and oxygen atoms in total. The molecule has 0 atom stereocenters. The Morgan fingerprint density at radius 3 is 1.11 bits per heavy atom. The average Bonchev–Trinajstić information content (AvgIpc) is 0.722. The first-order chi connectivity index (χ1) is 2.00. The molecule has 0 fully saturated rings. The first kappa shape index (κ1) is 33.6. The van der Waals surface area contributed by atoms with Gasteiger partial charge in [0, 0.05) is 10.4 Å². The minimum absolute atomic E-state index is 0. The monoisotopic (exact) mass is 229 g/mol. The van der Waals surface area contributed by atoms with Gasteiger partial charge in [-0.05, 0) is 0 Å². The molecule has 0 aromatic carbocycles. The molecule has 9 heteroatoms. The fourth-order valence-corrected chi connectivity index (χ4v) is 0. The molecule has 0 rings (SSSR count). The molecule has 0 heterocycles. The van der Waals surface area contributed by atoms with Gasteiger partial charge in [-0.25, -0.2) is 0 Å². The van der Waals surface area contributed by atoms with Crippen LogP contribution in [0.25, 0.3) is 0 Å². The van der Waals surface area contributed by atoms with Crippen molar-refractivity contribution in [1.29, 1.82) is 0 Å². The van der Waals surface area contributed by atoms with Crippen molar-refractivity contribution in [3.05, 3.63) is 0 Å². The quantitative estimate of drug-likeness (QED) is 0.232. The molecule has 0 aliphatic heterocycles. The molecule has 9 heavy (non-hydrogen) atoms. The first-order valence-corrected chi connectivity index (χ1v) is 2.00. The van der Waals surface area contributed by atoms with Gasteiger partial charge in [-0.3, -0.25) is 8.42 Å². The van der Waals surface area contributed by atoms with Gasteiger partial charge in [0.2, 0.25) is 0 Å². The van der Waals surface area contributed by atoms with Gasteiger partial charge in [-0.15, -0.1) is 0 Å². The third-order valence-electron chi connectivity index (χ3n) is 0. The van der Waals surface area contributed by atoms with Crippen LogP contribution >= 0.6 is 0 Å². The molecular formula is H3ClCuO6S. The van der Waals surface area contributed by atoms with E-state index in [1.165, 1.54) is 0 Å². The van der Waals surface area contributed by atoms with Crippen LogP contribution in [0.15, 0.2) is 0 Å². The largest absolute Gasteiger partial charge is 4.00 e. The van der Waals surface area contributed by atoms with Crippen LogP contribution in [0.2, 0.25) is 0 Å². The van der Waals surface area contributed by atoms with E-state index in [-0.39, 0.29) is 40.4 Å². The van der Waals surface area contributed by atoms with E-state index < -0.39 is 10.4 Å². The summed E-state index contributed by atoms with van der Waals surface area (Å²) in [5.41, 5.74) is 0. The molecule has 1 radical (unpaired) electrons. The van der Waals surface area contributed by atoms with Crippen molar-refractivity contribution in [2.75, 3.05) is 0 Å². The minimum atomic E-state index is -5.17. The minimum Gasteiger partial charge on any atom is -1.00 e. The molecule has 0 aliphatic carbocycles. The molecule has 0 unspecified atom stereocenters.